The van der Waals surface area contributed by atoms with E-state index in [0.717, 1.165) is 57.9 Å². The summed E-state index contributed by atoms with van der Waals surface area (Å²) in [6, 6.07) is 114. The predicted molar refractivity (Wildman–Crippen MR) is 381 cm³/mol. The summed E-state index contributed by atoms with van der Waals surface area (Å²) in [5.41, 5.74) is 21.5. The van der Waals surface area contributed by atoms with Gasteiger partial charge in [-0.2, -0.15) is 0 Å². The third-order valence-corrected chi connectivity index (χ3v) is 18.1. The molecule has 17 rings (SSSR count). The molecule has 0 atom stereocenters. The average Bonchev–Trinajstić information content (AvgIpc) is 1.05. The van der Waals surface area contributed by atoms with Crippen LogP contribution in [0.3, 0.4) is 0 Å². The highest BCUT2D eigenvalue weighted by molar-refractivity contribution is 6.23. The minimum Gasteiger partial charge on any atom is -0.296 e. The Morgan fingerprint density at radius 2 is 0.556 bits per heavy atom. The second kappa shape index (κ2) is 23.0. The monoisotopic (exact) mass is 1150 g/mol. The van der Waals surface area contributed by atoms with Gasteiger partial charge in [-0.15, -0.1) is 0 Å². The van der Waals surface area contributed by atoms with Gasteiger partial charge < -0.3 is 0 Å². The standard InChI is InChI=1S/C45H32N2.C41H30N2/c1-2-43-46-41-18-10-11-19-42(41)47(43)36-25-22-32(23-26-36)44-37-16-8-9-17-38(37)45(35-21-20-31-14-6-7-15-33(31)28-35)40-29-34(24-27-39(40)44)30-12-4-3-5-13-30;1-2-39-42-37-18-10-11-19-38(37)43(39)32-26-24-31(25-27-32)41-35-16-8-6-14-33(35)40(34-15-7-9-17-36(34)41)30-22-20-29(21-23-30)28-12-4-3-5-13-28/h3-29H,2H2,1H3;3-27H,2H2,1H3. The molecule has 2 heterocycles. The molecule has 0 radical (unpaired) electrons. The first-order valence-electron chi connectivity index (χ1n) is 31.3. The molecular weight excluding hydrogens is 1090 g/mol. The summed E-state index contributed by atoms with van der Waals surface area (Å²) in [5.74, 6) is 2.15. The molecule has 0 spiro atoms. The highest BCUT2D eigenvalue weighted by Crippen LogP contribution is 2.47. The van der Waals surface area contributed by atoms with Crippen LogP contribution < -0.4 is 0 Å². The van der Waals surface area contributed by atoms with E-state index in [1.165, 1.54) is 121 Å². The molecule has 17 aromatic rings. The van der Waals surface area contributed by atoms with E-state index in [4.69, 9.17) is 9.97 Å². The fourth-order valence-electron chi connectivity index (χ4n) is 13.9. The Morgan fingerprint density at radius 3 is 1.01 bits per heavy atom. The second-order valence-corrected chi connectivity index (χ2v) is 23.3. The minimum absolute atomic E-state index is 0.867. The Hall–Kier alpha value is -11.5. The molecule has 0 amide bonds. The first-order chi connectivity index (χ1) is 44.6. The zero-order valence-electron chi connectivity index (χ0n) is 50.2. The average molecular weight is 1150 g/mol. The lowest BCUT2D eigenvalue weighted by atomic mass is 9.84. The number of hydrogen-bond acceptors (Lipinski definition) is 2. The van der Waals surface area contributed by atoms with Crippen LogP contribution in [0.15, 0.2) is 315 Å². The first kappa shape index (κ1) is 54.0. The Balaban J connectivity index is 0.000000145. The summed E-state index contributed by atoms with van der Waals surface area (Å²) < 4.78 is 4.59. The maximum Gasteiger partial charge on any atom is 0.114 e. The summed E-state index contributed by atoms with van der Waals surface area (Å²) in [6.45, 7) is 4.34. The van der Waals surface area contributed by atoms with Gasteiger partial charge in [0.05, 0.1) is 22.1 Å². The van der Waals surface area contributed by atoms with Crippen LogP contribution in [0.5, 0.6) is 0 Å². The third-order valence-electron chi connectivity index (χ3n) is 18.1. The number of hydrogen-bond donors (Lipinski definition) is 0. The van der Waals surface area contributed by atoms with Gasteiger partial charge in [-0.3, -0.25) is 9.13 Å². The molecule has 4 heteroatoms. The number of benzene rings is 15. The minimum atomic E-state index is 0.867. The fraction of sp³-hybridized carbons (Fsp3) is 0.0465. The van der Waals surface area contributed by atoms with E-state index in [0.29, 0.717) is 0 Å². The van der Waals surface area contributed by atoms with Gasteiger partial charge in [0, 0.05) is 24.2 Å². The summed E-state index contributed by atoms with van der Waals surface area (Å²) in [5, 5.41) is 12.6. The maximum atomic E-state index is 4.92. The van der Waals surface area contributed by atoms with Gasteiger partial charge >= 0.3 is 0 Å². The quantitative estimate of drug-likeness (QED) is 0.128. The molecule has 15 aromatic carbocycles. The summed E-state index contributed by atoms with van der Waals surface area (Å²) >= 11 is 0. The van der Waals surface area contributed by atoms with E-state index in [9.17, 15) is 0 Å². The maximum absolute atomic E-state index is 4.92. The van der Waals surface area contributed by atoms with Crippen molar-refractivity contribution in [2.75, 3.05) is 0 Å². The zero-order valence-corrected chi connectivity index (χ0v) is 50.2. The van der Waals surface area contributed by atoms with Crippen molar-refractivity contribution in [3.63, 3.8) is 0 Å². The number of aryl methyl sites for hydroxylation is 2. The van der Waals surface area contributed by atoms with Crippen molar-refractivity contribution < 1.29 is 0 Å². The highest BCUT2D eigenvalue weighted by atomic mass is 15.1. The molecule has 90 heavy (non-hydrogen) atoms. The van der Waals surface area contributed by atoms with Crippen molar-refractivity contribution >= 4 is 75.9 Å². The Morgan fingerprint density at radius 1 is 0.233 bits per heavy atom. The summed E-state index contributed by atoms with van der Waals surface area (Å²) in [6.07, 6.45) is 1.74. The van der Waals surface area contributed by atoms with Crippen molar-refractivity contribution in [3.8, 4) is 78.1 Å². The molecule has 2 aromatic heterocycles. The second-order valence-electron chi connectivity index (χ2n) is 23.3. The van der Waals surface area contributed by atoms with Gasteiger partial charge in [0.25, 0.3) is 0 Å². The van der Waals surface area contributed by atoms with Crippen molar-refractivity contribution in [2.24, 2.45) is 0 Å². The number of imidazole rings is 2. The van der Waals surface area contributed by atoms with E-state index in [2.05, 4.69) is 338 Å². The predicted octanol–water partition coefficient (Wildman–Crippen LogP) is 22.9. The smallest absolute Gasteiger partial charge is 0.114 e. The topological polar surface area (TPSA) is 35.6 Å². The van der Waals surface area contributed by atoms with Gasteiger partial charge in [-0.25, -0.2) is 9.97 Å². The van der Waals surface area contributed by atoms with Crippen molar-refractivity contribution in [1.29, 1.82) is 0 Å². The fourth-order valence-corrected chi connectivity index (χ4v) is 13.9. The number of nitrogens with zero attached hydrogens (tertiary/aromatic N) is 4. The van der Waals surface area contributed by atoms with Crippen LogP contribution in [0.4, 0.5) is 0 Å². The van der Waals surface area contributed by atoms with E-state index < -0.39 is 0 Å². The van der Waals surface area contributed by atoms with Gasteiger partial charge in [-0.05, 0) is 181 Å². The van der Waals surface area contributed by atoms with Crippen molar-refractivity contribution in [2.45, 2.75) is 26.7 Å². The van der Waals surface area contributed by atoms with E-state index in [-0.39, 0.29) is 0 Å². The molecule has 0 N–H and O–H groups in total. The lowest BCUT2D eigenvalue weighted by Crippen LogP contribution is -2.00. The van der Waals surface area contributed by atoms with Crippen molar-refractivity contribution in [1.82, 2.24) is 19.1 Å². The first-order valence-corrected chi connectivity index (χ1v) is 31.3. The van der Waals surface area contributed by atoms with Crippen LogP contribution in [-0.4, -0.2) is 19.1 Å². The molecule has 4 nitrogen and oxygen atoms in total. The lowest BCUT2D eigenvalue weighted by molar-refractivity contribution is 0.908. The number of para-hydroxylation sites is 4. The molecule has 0 saturated carbocycles. The van der Waals surface area contributed by atoms with Gasteiger partial charge in [0.1, 0.15) is 11.6 Å². The normalized spacial score (nSPS) is 11.5. The Labute approximate surface area is 523 Å². The van der Waals surface area contributed by atoms with Crippen LogP contribution in [0.1, 0.15) is 25.5 Å². The Bertz CT molecular complexity index is 5470. The molecule has 0 aliphatic rings. The molecule has 0 saturated heterocycles. The zero-order chi connectivity index (χ0) is 60.1. The highest BCUT2D eigenvalue weighted by Gasteiger charge is 2.21. The lowest BCUT2D eigenvalue weighted by Gasteiger charge is -2.19. The molecule has 0 unspecified atom stereocenters. The molecule has 0 aliphatic carbocycles. The van der Waals surface area contributed by atoms with Crippen molar-refractivity contribution in [3.05, 3.63) is 327 Å². The van der Waals surface area contributed by atoms with Crippen LogP contribution in [0.2, 0.25) is 0 Å². The molecule has 0 fully saturated rings. The number of aromatic nitrogens is 4. The Kier molecular flexibility index (Phi) is 13.8. The van der Waals surface area contributed by atoms with Crippen LogP contribution >= 0.6 is 0 Å². The molecular formula is C86H62N4. The number of fused-ring (bicyclic) bond motifs is 7. The van der Waals surface area contributed by atoms with Gasteiger partial charge in [0.15, 0.2) is 0 Å². The third kappa shape index (κ3) is 9.49. The largest absolute Gasteiger partial charge is 0.296 e. The SMILES string of the molecule is CCc1nc2ccccc2n1-c1ccc(-c2c3ccccc3c(-c3ccc(-c4ccccc4)cc3)c3ccccc23)cc1.CCc1nc2ccccc2n1-c1ccc(-c2c3ccccc3c(-c3ccc4ccccc4c3)c3cc(-c4ccccc4)ccc23)cc1. The van der Waals surface area contributed by atoms with E-state index >= 15 is 0 Å². The van der Waals surface area contributed by atoms with Crippen LogP contribution in [-0.2, 0) is 12.8 Å². The summed E-state index contributed by atoms with van der Waals surface area (Å²) in [4.78, 5) is 9.82. The van der Waals surface area contributed by atoms with Gasteiger partial charge in [0.2, 0.25) is 0 Å². The molecule has 0 bridgehead atoms. The van der Waals surface area contributed by atoms with E-state index in [1.807, 2.05) is 0 Å². The van der Waals surface area contributed by atoms with E-state index in [1.54, 1.807) is 0 Å². The molecule has 426 valence electrons. The van der Waals surface area contributed by atoms with Crippen LogP contribution in [0, 0.1) is 0 Å². The van der Waals surface area contributed by atoms with Gasteiger partial charge in [-0.1, -0.05) is 269 Å². The van der Waals surface area contributed by atoms with Crippen LogP contribution in [0.25, 0.3) is 154 Å². The number of rotatable bonds is 10. The molecule has 0 aliphatic heterocycles. The summed E-state index contributed by atoms with van der Waals surface area (Å²) in [7, 11) is 0.